The van der Waals surface area contributed by atoms with E-state index < -0.39 is 5.97 Å². The summed E-state index contributed by atoms with van der Waals surface area (Å²) in [6.45, 7) is 5.29. The maximum atomic E-state index is 11.3. The molecule has 0 radical (unpaired) electrons. The summed E-state index contributed by atoms with van der Waals surface area (Å²) in [6.07, 6.45) is 4.86. The Balaban J connectivity index is 1.62. The molecule has 0 saturated carbocycles. The average Bonchev–Trinajstić information content (AvgIpc) is 3.07. The number of aromatic nitrogens is 2. The van der Waals surface area contributed by atoms with Crippen LogP contribution in [0.2, 0.25) is 0 Å². The molecule has 0 bridgehead atoms. The van der Waals surface area contributed by atoms with Gasteiger partial charge in [-0.2, -0.15) is 0 Å². The SMILES string of the molecule is CC1CCN(Cc2ccccc2)CC1n1ccc2cnc(C(=O)O)cc21. The molecule has 134 valence electrons. The molecule has 1 aromatic carbocycles. The number of piperidine rings is 1. The van der Waals surface area contributed by atoms with E-state index in [0.717, 1.165) is 37.0 Å². The first kappa shape index (κ1) is 16.8. The minimum absolute atomic E-state index is 0.0991. The van der Waals surface area contributed by atoms with Crippen LogP contribution in [-0.4, -0.2) is 38.6 Å². The second-order valence-electron chi connectivity index (χ2n) is 7.21. The molecule has 1 aliphatic heterocycles. The van der Waals surface area contributed by atoms with Gasteiger partial charge in [0, 0.05) is 36.9 Å². The first-order valence-corrected chi connectivity index (χ1v) is 9.08. The van der Waals surface area contributed by atoms with E-state index >= 15 is 0 Å². The van der Waals surface area contributed by atoms with Crippen molar-refractivity contribution in [3.8, 4) is 0 Å². The molecule has 2 atom stereocenters. The molecule has 2 unspecified atom stereocenters. The van der Waals surface area contributed by atoms with E-state index in [1.165, 1.54) is 5.56 Å². The number of hydrogen-bond acceptors (Lipinski definition) is 3. The summed E-state index contributed by atoms with van der Waals surface area (Å²) >= 11 is 0. The maximum absolute atomic E-state index is 11.3. The molecule has 0 amide bonds. The van der Waals surface area contributed by atoms with Gasteiger partial charge in [0.25, 0.3) is 0 Å². The van der Waals surface area contributed by atoms with Gasteiger partial charge in [-0.05, 0) is 36.6 Å². The van der Waals surface area contributed by atoms with Crippen molar-refractivity contribution in [2.45, 2.75) is 25.9 Å². The minimum atomic E-state index is -0.984. The molecule has 1 N–H and O–H groups in total. The molecular formula is C21H23N3O2. The van der Waals surface area contributed by atoms with E-state index in [-0.39, 0.29) is 5.69 Å². The molecule has 5 heteroatoms. The van der Waals surface area contributed by atoms with Crippen LogP contribution < -0.4 is 0 Å². The van der Waals surface area contributed by atoms with Crippen molar-refractivity contribution >= 4 is 16.9 Å². The van der Waals surface area contributed by atoms with Crippen LogP contribution in [-0.2, 0) is 6.54 Å². The predicted molar refractivity (Wildman–Crippen MR) is 101 cm³/mol. The first-order chi connectivity index (χ1) is 12.6. The summed E-state index contributed by atoms with van der Waals surface area (Å²) in [5.41, 5.74) is 2.38. The van der Waals surface area contributed by atoms with Crippen molar-refractivity contribution in [2.24, 2.45) is 5.92 Å². The van der Waals surface area contributed by atoms with Gasteiger partial charge in [0.15, 0.2) is 0 Å². The highest BCUT2D eigenvalue weighted by Gasteiger charge is 2.28. The summed E-state index contributed by atoms with van der Waals surface area (Å²) in [6, 6.07) is 14.6. The molecule has 0 aliphatic carbocycles. The topological polar surface area (TPSA) is 58.4 Å². The third-order valence-electron chi connectivity index (χ3n) is 5.43. The lowest BCUT2D eigenvalue weighted by Crippen LogP contribution is -2.40. The van der Waals surface area contributed by atoms with Crippen LogP contribution >= 0.6 is 0 Å². The Morgan fingerprint density at radius 1 is 1.27 bits per heavy atom. The van der Waals surface area contributed by atoms with Crippen molar-refractivity contribution in [2.75, 3.05) is 13.1 Å². The molecule has 3 aromatic rings. The third-order valence-corrected chi connectivity index (χ3v) is 5.43. The number of carboxylic acid groups (broad SMARTS) is 1. The summed E-state index contributed by atoms with van der Waals surface area (Å²) < 4.78 is 2.24. The molecule has 0 spiro atoms. The highest BCUT2D eigenvalue weighted by molar-refractivity contribution is 5.91. The predicted octanol–water partition coefficient (Wildman–Crippen LogP) is 3.82. The highest BCUT2D eigenvalue weighted by Crippen LogP contribution is 2.32. The summed E-state index contributed by atoms with van der Waals surface area (Å²) in [7, 11) is 0. The molecule has 26 heavy (non-hydrogen) atoms. The quantitative estimate of drug-likeness (QED) is 0.778. The number of hydrogen-bond donors (Lipinski definition) is 1. The number of fused-ring (bicyclic) bond motifs is 1. The van der Waals surface area contributed by atoms with Crippen molar-refractivity contribution in [1.29, 1.82) is 0 Å². The number of likely N-dealkylation sites (tertiary alicyclic amines) is 1. The van der Waals surface area contributed by atoms with Crippen molar-refractivity contribution in [3.63, 3.8) is 0 Å². The van der Waals surface area contributed by atoms with Crippen LogP contribution in [0.1, 0.15) is 35.4 Å². The van der Waals surface area contributed by atoms with Gasteiger partial charge in [-0.15, -0.1) is 0 Å². The standard InChI is InChI=1S/C21H23N3O2/c1-15-7-9-23(13-16-5-3-2-4-6-16)14-20(15)24-10-8-17-12-22-18(21(25)26)11-19(17)24/h2-6,8,10-12,15,20H,7,9,13-14H2,1H3,(H,25,26). The third kappa shape index (κ3) is 3.22. The zero-order valence-electron chi connectivity index (χ0n) is 14.9. The van der Waals surface area contributed by atoms with Gasteiger partial charge < -0.3 is 9.67 Å². The largest absolute Gasteiger partial charge is 0.477 e. The van der Waals surface area contributed by atoms with Gasteiger partial charge in [0.1, 0.15) is 5.69 Å². The Hall–Kier alpha value is -2.66. The van der Waals surface area contributed by atoms with E-state index in [0.29, 0.717) is 12.0 Å². The molecule has 4 rings (SSSR count). The van der Waals surface area contributed by atoms with Crippen molar-refractivity contribution in [1.82, 2.24) is 14.5 Å². The van der Waals surface area contributed by atoms with Crippen LogP contribution in [0.25, 0.3) is 10.9 Å². The number of aromatic carboxylic acids is 1. The fourth-order valence-corrected chi connectivity index (χ4v) is 3.92. The maximum Gasteiger partial charge on any atom is 0.354 e. The fraction of sp³-hybridized carbons (Fsp3) is 0.333. The van der Waals surface area contributed by atoms with Gasteiger partial charge in [-0.3, -0.25) is 4.90 Å². The number of carbonyl (C=O) groups is 1. The Kier molecular flexibility index (Phi) is 4.47. The summed E-state index contributed by atoms with van der Waals surface area (Å²) in [5.74, 6) is -0.443. The van der Waals surface area contributed by atoms with E-state index in [4.69, 9.17) is 0 Å². The summed E-state index contributed by atoms with van der Waals surface area (Å²) in [4.78, 5) is 17.8. The van der Waals surface area contributed by atoms with E-state index in [1.54, 1.807) is 12.3 Å². The van der Waals surface area contributed by atoms with Gasteiger partial charge >= 0.3 is 5.97 Å². The fourth-order valence-electron chi connectivity index (χ4n) is 3.92. The second kappa shape index (κ2) is 6.92. The Morgan fingerprint density at radius 2 is 2.08 bits per heavy atom. The lowest BCUT2D eigenvalue weighted by Gasteiger charge is -2.38. The molecule has 5 nitrogen and oxygen atoms in total. The number of rotatable bonds is 4. The number of benzene rings is 1. The van der Waals surface area contributed by atoms with Gasteiger partial charge in [0.2, 0.25) is 0 Å². The lowest BCUT2D eigenvalue weighted by molar-refractivity contribution is 0.0690. The van der Waals surface area contributed by atoms with Gasteiger partial charge in [-0.25, -0.2) is 9.78 Å². The monoisotopic (exact) mass is 349 g/mol. The minimum Gasteiger partial charge on any atom is -0.477 e. The van der Waals surface area contributed by atoms with Crippen molar-refractivity contribution < 1.29 is 9.90 Å². The van der Waals surface area contributed by atoms with Crippen LogP contribution in [0, 0.1) is 5.92 Å². The van der Waals surface area contributed by atoms with Crippen LogP contribution in [0.15, 0.2) is 54.9 Å². The number of nitrogens with zero attached hydrogens (tertiary/aromatic N) is 3. The first-order valence-electron chi connectivity index (χ1n) is 9.08. The Labute approximate surface area is 152 Å². The molecule has 1 saturated heterocycles. The van der Waals surface area contributed by atoms with E-state index in [2.05, 4.69) is 51.8 Å². The van der Waals surface area contributed by atoms with Crippen molar-refractivity contribution in [3.05, 3.63) is 66.1 Å². The molecule has 1 aliphatic rings. The second-order valence-corrected chi connectivity index (χ2v) is 7.21. The van der Waals surface area contributed by atoms with Gasteiger partial charge in [0.05, 0.1) is 5.52 Å². The highest BCUT2D eigenvalue weighted by atomic mass is 16.4. The van der Waals surface area contributed by atoms with Crippen LogP contribution in [0.4, 0.5) is 0 Å². The van der Waals surface area contributed by atoms with E-state index in [1.807, 2.05) is 12.1 Å². The Morgan fingerprint density at radius 3 is 2.85 bits per heavy atom. The zero-order chi connectivity index (χ0) is 18.1. The normalized spacial score (nSPS) is 21.1. The molecule has 2 aromatic heterocycles. The summed E-state index contributed by atoms with van der Waals surface area (Å²) in [5, 5.41) is 10.2. The molecule has 3 heterocycles. The average molecular weight is 349 g/mol. The lowest BCUT2D eigenvalue weighted by atomic mass is 9.92. The van der Waals surface area contributed by atoms with Gasteiger partial charge in [-0.1, -0.05) is 37.3 Å². The Bertz CT molecular complexity index is 919. The smallest absolute Gasteiger partial charge is 0.354 e. The van der Waals surface area contributed by atoms with E-state index in [9.17, 15) is 9.90 Å². The van der Waals surface area contributed by atoms with Crippen LogP contribution in [0.5, 0.6) is 0 Å². The number of pyridine rings is 1. The zero-order valence-corrected chi connectivity index (χ0v) is 14.9. The number of carboxylic acids is 1. The van der Waals surface area contributed by atoms with Crippen LogP contribution in [0.3, 0.4) is 0 Å². The molecular weight excluding hydrogens is 326 g/mol. The molecule has 1 fully saturated rings.